The fraction of sp³-hybridized carbons (Fsp3) is 0.417. The highest BCUT2D eigenvalue weighted by molar-refractivity contribution is 7.46. The number of Topliss-reactive ketones (excluding diaryl/α,β-unsaturated/α-hetero) is 1. The molecule has 0 radical (unpaired) electrons. The highest BCUT2D eigenvalue weighted by atomic mass is 31.2. The lowest BCUT2D eigenvalue weighted by molar-refractivity contribution is -0.118. The first-order valence-electron chi connectivity index (χ1n) is 5.96. The predicted octanol–water partition coefficient (Wildman–Crippen LogP) is 0.503. The first kappa shape index (κ1) is 16.8. The number of hydrogen-bond donors (Lipinski definition) is 4. The summed E-state index contributed by atoms with van der Waals surface area (Å²) in [5.74, 6) is -0.156. The van der Waals surface area contributed by atoms with Crippen LogP contribution in [-0.4, -0.2) is 33.3 Å². The summed E-state index contributed by atoms with van der Waals surface area (Å²) in [6.45, 7) is 1.20. The van der Waals surface area contributed by atoms with Gasteiger partial charge in [0.2, 0.25) is 0 Å². The summed E-state index contributed by atoms with van der Waals surface area (Å²) in [4.78, 5) is 28.1. The molecule has 0 aliphatic carbocycles. The van der Waals surface area contributed by atoms with Crippen LogP contribution in [0.4, 0.5) is 0 Å². The quantitative estimate of drug-likeness (QED) is 0.540. The van der Waals surface area contributed by atoms with E-state index in [1.54, 1.807) is 12.1 Å². The lowest BCUT2D eigenvalue weighted by Crippen LogP contribution is -2.30. The second-order valence-corrected chi connectivity index (χ2v) is 5.70. The van der Waals surface area contributed by atoms with Crippen molar-refractivity contribution in [2.24, 2.45) is 5.73 Å². The van der Waals surface area contributed by atoms with E-state index in [0.29, 0.717) is 17.5 Å². The van der Waals surface area contributed by atoms with Crippen LogP contribution in [0.2, 0.25) is 0 Å². The van der Waals surface area contributed by atoms with Crippen molar-refractivity contribution >= 4 is 13.6 Å². The lowest BCUT2D eigenvalue weighted by atomic mass is 10.0. The molecule has 0 aromatic heterocycles. The summed E-state index contributed by atoms with van der Waals surface area (Å²) in [6.07, 6.45) is 0.484. The summed E-state index contributed by atoms with van der Waals surface area (Å²) < 4.78 is 14.8. The molecule has 1 aromatic carbocycles. The Balaban J connectivity index is 2.64. The number of hydrogen-bond acceptors (Lipinski definition) is 5. The Bertz CT molecular complexity index is 527. The van der Waals surface area contributed by atoms with E-state index in [-0.39, 0.29) is 24.6 Å². The average Bonchev–Trinajstić information content (AvgIpc) is 2.30. The number of phosphoric ester groups is 1. The van der Waals surface area contributed by atoms with E-state index in [1.165, 1.54) is 13.0 Å². The Labute approximate surface area is 116 Å². The molecular weight excluding hydrogens is 285 g/mol. The molecule has 0 heterocycles. The number of carbonyl (C=O) groups excluding carboxylic acids is 1. The van der Waals surface area contributed by atoms with Crippen LogP contribution in [0.1, 0.15) is 18.1 Å². The van der Waals surface area contributed by atoms with E-state index in [1.807, 2.05) is 0 Å². The minimum absolute atomic E-state index is 0.0208. The largest absolute Gasteiger partial charge is 0.508 e. The molecule has 0 saturated heterocycles. The molecule has 0 aliphatic heterocycles. The summed E-state index contributed by atoms with van der Waals surface area (Å²) in [7, 11) is -4.49. The molecule has 0 aliphatic rings. The molecule has 0 bridgehead atoms. The maximum Gasteiger partial charge on any atom is 0.469 e. The van der Waals surface area contributed by atoms with Gasteiger partial charge in [0.15, 0.2) is 0 Å². The van der Waals surface area contributed by atoms with Crippen LogP contribution in [0.3, 0.4) is 0 Å². The third-order valence-electron chi connectivity index (χ3n) is 2.76. The van der Waals surface area contributed by atoms with E-state index in [9.17, 15) is 14.5 Å². The van der Waals surface area contributed by atoms with Gasteiger partial charge in [-0.05, 0) is 30.5 Å². The van der Waals surface area contributed by atoms with E-state index in [0.717, 1.165) is 0 Å². The van der Waals surface area contributed by atoms with E-state index in [2.05, 4.69) is 4.52 Å². The highest BCUT2D eigenvalue weighted by Crippen LogP contribution is 2.36. The van der Waals surface area contributed by atoms with Crippen molar-refractivity contribution in [2.75, 3.05) is 6.61 Å². The van der Waals surface area contributed by atoms with Gasteiger partial charge in [-0.2, -0.15) is 0 Å². The van der Waals surface area contributed by atoms with Crippen molar-refractivity contribution in [1.82, 2.24) is 0 Å². The van der Waals surface area contributed by atoms with Gasteiger partial charge in [0.05, 0.1) is 12.6 Å². The zero-order valence-electron chi connectivity index (χ0n) is 11.0. The molecule has 0 amide bonds. The molecule has 1 atom stereocenters. The molecule has 0 spiro atoms. The van der Waals surface area contributed by atoms with Crippen molar-refractivity contribution in [1.29, 1.82) is 0 Å². The van der Waals surface area contributed by atoms with Gasteiger partial charge in [0, 0.05) is 6.42 Å². The van der Waals surface area contributed by atoms with Gasteiger partial charge < -0.3 is 20.6 Å². The van der Waals surface area contributed by atoms with Gasteiger partial charge in [-0.15, -0.1) is 0 Å². The molecule has 5 N–H and O–H groups in total. The second kappa shape index (κ2) is 6.97. The SMILES string of the molecule is CC(=O)[C@@H](N)Cc1ccc(CCOP(=O)(O)O)c(O)c1. The lowest BCUT2D eigenvalue weighted by Gasteiger charge is -2.11. The van der Waals surface area contributed by atoms with E-state index in [4.69, 9.17) is 15.5 Å². The van der Waals surface area contributed by atoms with Crippen molar-refractivity contribution in [3.05, 3.63) is 29.3 Å². The number of rotatable bonds is 7. The summed E-state index contributed by atoms with van der Waals surface area (Å²) >= 11 is 0. The van der Waals surface area contributed by atoms with Crippen molar-refractivity contribution in [3.8, 4) is 5.75 Å². The first-order valence-corrected chi connectivity index (χ1v) is 7.49. The minimum Gasteiger partial charge on any atom is -0.508 e. The van der Waals surface area contributed by atoms with Crippen LogP contribution in [-0.2, 0) is 26.7 Å². The van der Waals surface area contributed by atoms with Crippen LogP contribution < -0.4 is 5.73 Å². The van der Waals surface area contributed by atoms with Crippen molar-refractivity contribution in [2.45, 2.75) is 25.8 Å². The minimum atomic E-state index is -4.49. The second-order valence-electron chi connectivity index (χ2n) is 4.46. The zero-order chi connectivity index (χ0) is 15.3. The van der Waals surface area contributed by atoms with Crippen LogP contribution >= 0.6 is 7.82 Å². The van der Waals surface area contributed by atoms with Crippen LogP contribution in [0.25, 0.3) is 0 Å². The molecule has 0 saturated carbocycles. The Morgan fingerprint density at radius 3 is 2.60 bits per heavy atom. The Hall–Kier alpha value is -1.24. The van der Waals surface area contributed by atoms with Gasteiger partial charge in [-0.3, -0.25) is 9.32 Å². The number of ketones is 1. The molecular formula is C12H18NO6P. The Morgan fingerprint density at radius 2 is 2.10 bits per heavy atom. The molecule has 1 rings (SSSR count). The zero-order valence-corrected chi connectivity index (χ0v) is 11.9. The van der Waals surface area contributed by atoms with Crippen molar-refractivity contribution < 1.29 is 28.8 Å². The molecule has 0 unspecified atom stereocenters. The fourth-order valence-corrected chi connectivity index (χ4v) is 1.95. The fourth-order valence-electron chi connectivity index (χ4n) is 1.62. The number of phenols is 1. The number of nitrogens with two attached hydrogens (primary N) is 1. The first-order chi connectivity index (χ1) is 9.19. The van der Waals surface area contributed by atoms with E-state index < -0.39 is 13.9 Å². The molecule has 1 aromatic rings. The Morgan fingerprint density at radius 1 is 1.45 bits per heavy atom. The van der Waals surface area contributed by atoms with Crippen molar-refractivity contribution in [3.63, 3.8) is 0 Å². The van der Waals surface area contributed by atoms with Gasteiger partial charge >= 0.3 is 7.82 Å². The van der Waals surface area contributed by atoms with Crippen LogP contribution in [0, 0.1) is 0 Å². The topological polar surface area (TPSA) is 130 Å². The molecule has 20 heavy (non-hydrogen) atoms. The maximum absolute atomic E-state index is 11.1. The van der Waals surface area contributed by atoms with Crippen LogP contribution in [0.15, 0.2) is 18.2 Å². The monoisotopic (exact) mass is 303 g/mol. The molecule has 0 fully saturated rings. The summed E-state index contributed by atoms with van der Waals surface area (Å²) in [5.41, 5.74) is 6.84. The molecule has 7 nitrogen and oxygen atoms in total. The number of aromatic hydroxyl groups is 1. The standard InChI is InChI=1S/C12H18NO6P/c1-8(14)11(13)6-9-2-3-10(12(15)7-9)4-5-19-20(16,17)18/h2-3,7,11,15H,4-6,13H2,1H3,(H2,16,17,18)/t11-/m0/s1. The number of carbonyl (C=O) groups is 1. The van der Waals surface area contributed by atoms with Crippen LogP contribution in [0.5, 0.6) is 5.75 Å². The van der Waals surface area contributed by atoms with Gasteiger partial charge in [-0.1, -0.05) is 12.1 Å². The van der Waals surface area contributed by atoms with E-state index >= 15 is 0 Å². The van der Waals surface area contributed by atoms with Gasteiger partial charge in [0.1, 0.15) is 11.5 Å². The molecule has 8 heteroatoms. The number of benzene rings is 1. The summed E-state index contributed by atoms with van der Waals surface area (Å²) in [5, 5.41) is 9.80. The third kappa shape index (κ3) is 5.81. The number of phosphoric acid groups is 1. The maximum atomic E-state index is 11.1. The molecule has 112 valence electrons. The highest BCUT2D eigenvalue weighted by Gasteiger charge is 2.14. The number of phenolic OH excluding ortho intramolecular Hbond substituents is 1. The van der Waals surface area contributed by atoms with Gasteiger partial charge in [0.25, 0.3) is 0 Å². The predicted molar refractivity (Wildman–Crippen MR) is 72.2 cm³/mol. The average molecular weight is 303 g/mol. The third-order valence-corrected chi connectivity index (χ3v) is 3.28. The van der Waals surface area contributed by atoms with Gasteiger partial charge in [-0.25, -0.2) is 4.57 Å². The smallest absolute Gasteiger partial charge is 0.469 e. The normalized spacial score (nSPS) is 13.2. The Kier molecular flexibility index (Phi) is 5.86. The summed E-state index contributed by atoms with van der Waals surface area (Å²) in [6, 6.07) is 4.18.